The molecule has 0 radical (unpaired) electrons. The molecular formula is C15H15F3. The lowest BCUT2D eigenvalue weighted by Crippen LogP contribution is -2.12. The SMILES string of the molecule is CC1(C)C=C(c2ccccc2C(F)(F)F)C=CC1. The molecule has 18 heavy (non-hydrogen) atoms. The van der Waals surface area contributed by atoms with Crippen molar-refractivity contribution in [2.75, 3.05) is 0 Å². The van der Waals surface area contributed by atoms with E-state index in [2.05, 4.69) is 0 Å². The molecule has 1 aromatic rings. The van der Waals surface area contributed by atoms with Gasteiger partial charge in [0.05, 0.1) is 5.56 Å². The average Bonchev–Trinajstić information content (AvgIpc) is 2.26. The Hall–Kier alpha value is -1.51. The first-order valence-corrected chi connectivity index (χ1v) is 5.86. The van der Waals surface area contributed by atoms with Gasteiger partial charge in [-0.2, -0.15) is 13.2 Å². The largest absolute Gasteiger partial charge is 0.417 e. The second-order valence-electron chi connectivity index (χ2n) is 5.24. The summed E-state index contributed by atoms with van der Waals surface area (Å²) in [6.07, 6.45) is 2.16. The Morgan fingerprint density at radius 2 is 1.78 bits per heavy atom. The van der Waals surface area contributed by atoms with Crippen LogP contribution in [-0.4, -0.2) is 0 Å². The van der Waals surface area contributed by atoms with Crippen molar-refractivity contribution < 1.29 is 13.2 Å². The molecule has 0 bridgehead atoms. The molecule has 0 aliphatic heterocycles. The zero-order chi connectivity index (χ0) is 13.4. The van der Waals surface area contributed by atoms with E-state index in [0.29, 0.717) is 5.57 Å². The molecule has 0 saturated heterocycles. The van der Waals surface area contributed by atoms with Crippen molar-refractivity contribution in [2.45, 2.75) is 26.4 Å². The van der Waals surface area contributed by atoms with Crippen LogP contribution in [0.2, 0.25) is 0 Å². The minimum absolute atomic E-state index is 0.0945. The number of alkyl halides is 3. The fourth-order valence-corrected chi connectivity index (χ4v) is 2.17. The summed E-state index contributed by atoms with van der Waals surface area (Å²) in [5, 5.41) is 0. The lowest BCUT2D eigenvalue weighted by atomic mass is 9.81. The van der Waals surface area contributed by atoms with Gasteiger partial charge in [-0.15, -0.1) is 0 Å². The first-order valence-electron chi connectivity index (χ1n) is 5.86. The lowest BCUT2D eigenvalue weighted by Gasteiger charge is -2.24. The summed E-state index contributed by atoms with van der Waals surface area (Å²) in [5.41, 5.74) is 0.245. The quantitative estimate of drug-likeness (QED) is 0.654. The third-order valence-electron chi connectivity index (χ3n) is 3.03. The molecule has 3 heteroatoms. The van der Waals surface area contributed by atoms with Crippen molar-refractivity contribution in [3.05, 3.63) is 53.6 Å². The van der Waals surface area contributed by atoms with Gasteiger partial charge in [0.25, 0.3) is 0 Å². The minimum atomic E-state index is -4.31. The average molecular weight is 252 g/mol. The number of allylic oxidation sites excluding steroid dienone is 4. The summed E-state index contributed by atoms with van der Waals surface area (Å²) < 4.78 is 38.8. The second-order valence-corrected chi connectivity index (χ2v) is 5.24. The van der Waals surface area contributed by atoms with E-state index in [0.717, 1.165) is 12.5 Å². The third kappa shape index (κ3) is 2.66. The Kier molecular flexibility index (Phi) is 3.09. The molecule has 0 N–H and O–H groups in total. The number of halogens is 3. The van der Waals surface area contributed by atoms with Crippen LogP contribution in [0.25, 0.3) is 5.57 Å². The van der Waals surface area contributed by atoms with Crippen LogP contribution < -0.4 is 0 Å². The van der Waals surface area contributed by atoms with E-state index in [-0.39, 0.29) is 11.0 Å². The maximum Gasteiger partial charge on any atom is 0.417 e. The summed E-state index contributed by atoms with van der Waals surface area (Å²) in [5.74, 6) is 0. The highest BCUT2D eigenvalue weighted by atomic mass is 19.4. The van der Waals surface area contributed by atoms with Crippen molar-refractivity contribution in [2.24, 2.45) is 5.41 Å². The van der Waals surface area contributed by atoms with Gasteiger partial charge in [0.15, 0.2) is 0 Å². The van der Waals surface area contributed by atoms with Crippen LogP contribution in [-0.2, 0) is 6.18 Å². The maximum atomic E-state index is 12.9. The Bertz CT molecular complexity index is 505. The number of rotatable bonds is 1. The molecule has 0 unspecified atom stereocenters. The molecule has 2 rings (SSSR count). The fourth-order valence-electron chi connectivity index (χ4n) is 2.17. The Morgan fingerprint density at radius 1 is 1.11 bits per heavy atom. The van der Waals surface area contributed by atoms with E-state index in [1.54, 1.807) is 12.1 Å². The number of hydrogen-bond donors (Lipinski definition) is 0. The summed E-state index contributed by atoms with van der Waals surface area (Å²) in [6.45, 7) is 4.04. The van der Waals surface area contributed by atoms with Crippen LogP contribution in [0.1, 0.15) is 31.4 Å². The Labute approximate surface area is 105 Å². The van der Waals surface area contributed by atoms with Gasteiger partial charge in [-0.1, -0.05) is 50.3 Å². The zero-order valence-corrected chi connectivity index (χ0v) is 10.4. The van der Waals surface area contributed by atoms with E-state index in [4.69, 9.17) is 0 Å². The van der Waals surface area contributed by atoms with Gasteiger partial charge in [-0.3, -0.25) is 0 Å². The van der Waals surface area contributed by atoms with Crippen molar-refractivity contribution in [1.82, 2.24) is 0 Å². The van der Waals surface area contributed by atoms with Gasteiger partial charge < -0.3 is 0 Å². The first-order chi connectivity index (χ1) is 8.30. The predicted octanol–water partition coefficient (Wildman–Crippen LogP) is 5.07. The van der Waals surface area contributed by atoms with E-state index < -0.39 is 11.7 Å². The Balaban J connectivity index is 2.53. The smallest absolute Gasteiger partial charge is 0.166 e. The Morgan fingerprint density at radius 3 is 2.39 bits per heavy atom. The summed E-state index contributed by atoms with van der Waals surface area (Å²) >= 11 is 0. The molecule has 1 aromatic carbocycles. The topological polar surface area (TPSA) is 0 Å². The molecule has 1 aliphatic rings. The normalized spacial score (nSPS) is 18.6. The van der Waals surface area contributed by atoms with Crippen LogP contribution >= 0.6 is 0 Å². The third-order valence-corrected chi connectivity index (χ3v) is 3.03. The van der Waals surface area contributed by atoms with E-state index >= 15 is 0 Å². The van der Waals surface area contributed by atoms with Gasteiger partial charge in [0.1, 0.15) is 0 Å². The van der Waals surface area contributed by atoms with Crippen LogP contribution in [0.5, 0.6) is 0 Å². The highest BCUT2D eigenvalue weighted by molar-refractivity contribution is 5.77. The molecule has 0 spiro atoms. The maximum absolute atomic E-state index is 12.9. The number of benzene rings is 1. The summed E-state index contributed by atoms with van der Waals surface area (Å²) in [7, 11) is 0. The first kappa shape index (κ1) is 12.9. The fraction of sp³-hybridized carbons (Fsp3) is 0.333. The summed E-state index contributed by atoms with van der Waals surface area (Å²) in [6, 6.07) is 5.72. The van der Waals surface area contributed by atoms with Crippen molar-refractivity contribution >= 4 is 5.57 Å². The van der Waals surface area contributed by atoms with Gasteiger partial charge in [-0.25, -0.2) is 0 Å². The van der Waals surface area contributed by atoms with E-state index in [1.165, 1.54) is 12.1 Å². The lowest BCUT2D eigenvalue weighted by molar-refractivity contribution is -0.137. The zero-order valence-electron chi connectivity index (χ0n) is 10.4. The molecule has 0 heterocycles. The molecule has 0 fully saturated rings. The molecule has 0 atom stereocenters. The van der Waals surface area contributed by atoms with Crippen molar-refractivity contribution in [1.29, 1.82) is 0 Å². The number of hydrogen-bond acceptors (Lipinski definition) is 0. The van der Waals surface area contributed by atoms with E-state index in [1.807, 2.05) is 26.0 Å². The molecule has 0 saturated carbocycles. The van der Waals surface area contributed by atoms with Crippen LogP contribution in [0.3, 0.4) is 0 Å². The standard InChI is InChI=1S/C15H15F3/c1-14(2)9-5-6-11(10-14)12-7-3-4-8-13(12)15(16,17)18/h3-8,10H,9H2,1-2H3. The molecule has 0 nitrogen and oxygen atoms in total. The van der Waals surface area contributed by atoms with Crippen molar-refractivity contribution in [3.63, 3.8) is 0 Å². The summed E-state index contributed by atoms with van der Waals surface area (Å²) in [4.78, 5) is 0. The van der Waals surface area contributed by atoms with Gasteiger partial charge in [0, 0.05) is 0 Å². The molecule has 1 aliphatic carbocycles. The highest BCUT2D eigenvalue weighted by Gasteiger charge is 2.34. The monoisotopic (exact) mass is 252 g/mol. The molecular weight excluding hydrogens is 237 g/mol. The highest BCUT2D eigenvalue weighted by Crippen LogP contribution is 2.39. The van der Waals surface area contributed by atoms with Crippen LogP contribution in [0, 0.1) is 5.41 Å². The van der Waals surface area contributed by atoms with E-state index in [9.17, 15) is 13.2 Å². The van der Waals surface area contributed by atoms with Gasteiger partial charge >= 0.3 is 6.18 Å². The van der Waals surface area contributed by atoms with Gasteiger partial charge in [-0.05, 0) is 29.0 Å². The molecule has 0 aromatic heterocycles. The second kappa shape index (κ2) is 4.30. The van der Waals surface area contributed by atoms with Crippen molar-refractivity contribution in [3.8, 4) is 0 Å². The minimum Gasteiger partial charge on any atom is -0.166 e. The van der Waals surface area contributed by atoms with Crippen LogP contribution in [0.4, 0.5) is 13.2 Å². The molecule has 96 valence electrons. The predicted molar refractivity (Wildman–Crippen MR) is 67.0 cm³/mol. The van der Waals surface area contributed by atoms with Crippen LogP contribution in [0.15, 0.2) is 42.5 Å². The van der Waals surface area contributed by atoms with Gasteiger partial charge in [0.2, 0.25) is 0 Å². The molecule has 0 amide bonds.